The first-order valence-corrected chi connectivity index (χ1v) is 6.11. The highest BCUT2D eigenvalue weighted by Gasteiger charge is 2.26. The van der Waals surface area contributed by atoms with Gasteiger partial charge in [0.1, 0.15) is 0 Å². The van der Waals surface area contributed by atoms with E-state index in [2.05, 4.69) is 15.9 Å². The molecule has 0 aliphatic heterocycles. The lowest BCUT2D eigenvalue weighted by atomic mass is 9.97. The van der Waals surface area contributed by atoms with Gasteiger partial charge in [-0.1, -0.05) is 28.4 Å². The fourth-order valence-corrected chi connectivity index (χ4v) is 3.10. The second-order valence-electron chi connectivity index (χ2n) is 3.95. The highest BCUT2D eigenvalue weighted by Crippen LogP contribution is 2.39. The molecule has 0 heterocycles. The topological polar surface area (TPSA) is 9.23 Å². The van der Waals surface area contributed by atoms with Gasteiger partial charge in [-0.3, -0.25) is 0 Å². The molecule has 15 heavy (non-hydrogen) atoms. The minimum absolute atomic E-state index is 0.262. The van der Waals surface area contributed by atoms with Gasteiger partial charge in [-0.15, -0.1) is 0 Å². The molecule has 0 aromatic heterocycles. The second kappa shape index (κ2) is 4.52. The van der Waals surface area contributed by atoms with Crippen molar-refractivity contribution in [3.63, 3.8) is 0 Å². The van der Waals surface area contributed by atoms with Crippen molar-refractivity contribution in [1.29, 1.82) is 0 Å². The lowest BCUT2D eigenvalue weighted by Crippen LogP contribution is -2.05. The zero-order valence-electron chi connectivity index (χ0n) is 8.67. The molecule has 1 aromatic rings. The third-order valence-corrected chi connectivity index (χ3v) is 4.13. The zero-order chi connectivity index (χ0) is 10.8. The van der Waals surface area contributed by atoms with Gasteiger partial charge in [0.05, 0.1) is 7.11 Å². The third-order valence-electron chi connectivity index (χ3n) is 3.04. The summed E-state index contributed by atoms with van der Waals surface area (Å²) in [4.78, 5) is 0.491. The predicted molar refractivity (Wildman–Crippen MR) is 62.3 cm³/mol. The van der Waals surface area contributed by atoms with Gasteiger partial charge in [0.15, 0.2) is 11.6 Å². The molecule has 0 radical (unpaired) electrons. The van der Waals surface area contributed by atoms with Gasteiger partial charge in [-0.25, -0.2) is 4.39 Å². The van der Waals surface area contributed by atoms with Gasteiger partial charge < -0.3 is 4.74 Å². The van der Waals surface area contributed by atoms with Crippen molar-refractivity contribution in [2.24, 2.45) is 0 Å². The highest BCUT2D eigenvalue weighted by atomic mass is 79.9. The summed E-state index contributed by atoms with van der Waals surface area (Å²) in [6, 6.07) is 5.28. The van der Waals surface area contributed by atoms with Crippen molar-refractivity contribution in [3.8, 4) is 5.75 Å². The molecule has 1 saturated carbocycles. The van der Waals surface area contributed by atoms with Crippen LogP contribution in [0.15, 0.2) is 18.2 Å². The van der Waals surface area contributed by atoms with E-state index in [0.717, 1.165) is 12.0 Å². The summed E-state index contributed by atoms with van der Waals surface area (Å²) < 4.78 is 18.4. The monoisotopic (exact) mass is 272 g/mol. The maximum absolute atomic E-state index is 13.5. The molecule has 0 saturated heterocycles. The molecule has 2 unspecified atom stereocenters. The Morgan fingerprint density at radius 2 is 2.20 bits per heavy atom. The largest absolute Gasteiger partial charge is 0.494 e. The van der Waals surface area contributed by atoms with Crippen LogP contribution in [0.3, 0.4) is 0 Å². The zero-order valence-corrected chi connectivity index (χ0v) is 10.3. The molecule has 1 nitrogen and oxygen atoms in total. The van der Waals surface area contributed by atoms with E-state index >= 15 is 0 Å². The minimum atomic E-state index is -0.262. The van der Waals surface area contributed by atoms with Crippen LogP contribution in [-0.4, -0.2) is 11.9 Å². The quantitative estimate of drug-likeness (QED) is 0.743. The number of methoxy groups -OCH3 is 1. The Morgan fingerprint density at radius 3 is 2.73 bits per heavy atom. The fraction of sp³-hybridized carbons (Fsp3) is 0.500. The second-order valence-corrected chi connectivity index (χ2v) is 5.12. The molecule has 0 spiro atoms. The molecule has 0 N–H and O–H groups in total. The van der Waals surface area contributed by atoms with Crippen molar-refractivity contribution >= 4 is 15.9 Å². The van der Waals surface area contributed by atoms with Crippen molar-refractivity contribution in [3.05, 3.63) is 29.6 Å². The van der Waals surface area contributed by atoms with Crippen LogP contribution in [-0.2, 0) is 0 Å². The van der Waals surface area contributed by atoms with Gasteiger partial charge >= 0.3 is 0 Å². The summed E-state index contributed by atoms with van der Waals surface area (Å²) in [6.45, 7) is 0. The minimum Gasteiger partial charge on any atom is -0.494 e. The van der Waals surface area contributed by atoms with Crippen molar-refractivity contribution in [1.82, 2.24) is 0 Å². The molecule has 1 fully saturated rings. The number of ether oxygens (including phenoxy) is 1. The number of hydrogen-bond donors (Lipinski definition) is 0. The van der Waals surface area contributed by atoms with E-state index in [1.807, 2.05) is 6.07 Å². The molecule has 0 amide bonds. The van der Waals surface area contributed by atoms with Crippen molar-refractivity contribution in [2.45, 2.75) is 30.0 Å². The van der Waals surface area contributed by atoms with Crippen LogP contribution in [0.5, 0.6) is 5.75 Å². The van der Waals surface area contributed by atoms with Crippen LogP contribution in [0.2, 0.25) is 0 Å². The van der Waals surface area contributed by atoms with Crippen LogP contribution in [0.25, 0.3) is 0 Å². The molecule has 82 valence electrons. The Bertz CT molecular complexity index is 353. The van der Waals surface area contributed by atoms with E-state index < -0.39 is 0 Å². The average molecular weight is 273 g/mol. The van der Waals surface area contributed by atoms with Crippen LogP contribution < -0.4 is 4.74 Å². The summed E-state index contributed by atoms with van der Waals surface area (Å²) in [7, 11) is 1.49. The lowest BCUT2D eigenvalue weighted by molar-refractivity contribution is 0.386. The Hall–Kier alpha value is -0.570. The van der Waals surface area contributed by atoms with Crippen LogP contribution in [0.4, 0.5) is 4.39 Å². The number of hydrogen-bond acceptors (Lipinski definition) is 1. The van der Waals surface area contributed by atoms with Gasteiger partial charge in [0, 0.05) is 4.83 Å². The van der Waals surface area contributed by atoms with E-state index in [1.54, 1.807) is 12.1 Å². The molecular formula is C12H14BrFO. The Kier molecular flexibility index (Phi) is 3.29. The summed E-state index contributed by atoms with van der Waals surface area (Å²) in [5, 5.41) is 0. The number of benzene rings is 1. The molecule has 1 aromatic carbocycles. The van der Waals surface area contributed by atoms with Gasteiger partial charge in [0.2, 0.25) is 0 Å². The summed E-state index contributed by atoms with van der Waals surface area (Å²) in [5.41, 5.74) is 1.08. The SMILES string of the molecule is COc1ccc(C2CCCC2Br)cc1F. The molecule has 2 rings (SSSR count). The Morgan fingerprint density at radius 1 is 1.40 bits per heavy atom. The first kappa shape index (κ1) is 10.9. The molecule has 1 aliphatic carbocycles. The highest BCUT2D eigenvalue weighted by molar-refractivity contribution is 9.09. The molecule has 1 aliphatic rings. The van der Waals surface area contributed by atoms with E-state index in [-0.39, 0.29) is 5.82 Å². The van der Waals surface area contributed by atoms with Gasteiger partial charge in [-0.05, 0) is 36.5 Å². The Balaban J connectivity index is 2.25. The first-order chi connectivity index (χ1) is 7.22. The normalized spacial score (nSPS) is 25.5. The number of alkyl halides is 1. The fourth-order valence-electron chi connectivity index (χ4n) is 2.20. The molecule has 3 heteroatoms. The van der Waals surface area contributed by atoms with Crippen LogP contribution in [0.1, 0.15) is 30.7 Å². The summed E-state index contributed by atoms with van der Waals surface area (Å²) in [5.74, 6) is 0.509. The average Bonchev–Trinajstić information content (AvgIpc) is 2.64. The number of halogens is 2. The van der Waals surface area contributed by atoms with Crippen LogP contribution in [0, 0.1) is 5.82 Å². The Labute approximate surface area is 97.8 Å². The van der Waals surface area contributed by atoms with E-state index in [9.17, 15) is 4.39 Å². The smallest absolute Gasteiger partial charge is 0.165 e. The predicted octanol–water partition coefficient (Wildman–Crippen LogP) is 3.87. The van der Waals surface area contributed by atoms with Crippen molar-refractivity contribution in [2.75, 3.05) is 7.11 Å². The van der Waals surface area contributed by atoms with Gasteiger partial charge in [0.25, 0.3) is 0 Å². The molecular weight excluding hydrogens is 259 g/mol. The van der Waals surface area contributed by atoms with E-state index in [4.69, 9.17) is 4.74 Å². The number of rotatable bonds is 2. The first-order valence-electron chi connectivity index (χ1n) is 5.20. The maximum atomic E-state index is 13.5. The van der Waals surface area contributed by atoms with Crippen molar-refractivity contribution < 1.29 is 9.13 Å². The maximum Gasteiger partial charge on any atom is 0.165 e. The molecule has 2 atom stereocenters. The lowest BCUT2D eigenvalue weighted by Gasteiger charge is -2.15. The summed E-state index contributed by atoms with van der Waals surface area (Å²) in [6.07, 6.45) is 3.54. The van der Waals surface area contributed by atoms with Crippen LogP contribution >= 0.6 is 15.9 Å². The third kappa shape index (κ3) is 2.17. The summed E-state index contributed by atoms with van der Waals surface area (Å²) >= 11 is 3.65. The molecule has 0 bridgehead atoms. The van der Waals surface area contributed by atoms with E-state index in [1.165, 1.54) is 20.0 Å². The van der Waals surface area contributed by atoms with E-state index in [0.29, 0.717) is 16.5 Å². The standard InChI is InChI=1S/C12H14BrFO/c1-15-12-6-5-8(7-11(12)14)9-3-2-4-10(9)13/h5-7,9-10H,2-4H2,1H3. The van der Waals surface area contributed by atoms with Gasteiger partial charge in [-0.2, -0.15) is 0 Å².